The maximum Gasteiger partial charge on any atom is 0.303 e. The smallest absolute Gasteiger partial charge is 0.303 e. The molecule has 0 aliphatic carbocycles. The fourth-order valence-electron chi connectivity index (χ4n) is 2.19. The molecule has 1 N–H and O–H groups in total. The van der Waals surface area contributed by atoms with Crippen molar-refractivity contribution in [3.05, 3.63) is 59.7 Å². The average molecular weight is 342 g/mol. The number of rotatable bonds is 7. The fourth-order valence-corrected chi connectivity index (χ4v) is 2.19. The van der Waals surface area contributed by atoms with E-state index in [0.29, 0.717) is 17.8 Å². The van der Waals surface area contributed by atoms with Crippen molar-refractivity contribution in [1.82, 2.24) is 0 Å². The normalized spacial score (nSPS) is 11.9. The third kappa shape index (κ3) is 6.11. The summed E-state index contributed by atoms with van der Waals surface area (Å²) in [6, 6.07) is 14.5. The van der Waals surface area contributed by atoms with E-state index in [1.165, 1.54) is 0 Å². The van der Waals surface area contributed by atoms with Crippen LogP contribution >= 0.6 is 0 Å². The van der Waals surface area contributed by atoms with Crippen molar-refractivity contribution in [2.45, 2.75) is 12.8 Å². The monoisotopic (exact) mass is 342 g/mol. The van der Waals surface area contributed by atoms with Crippen molar-refractivity contribution in [3.8, 4) is 24.7 Å². The first kappa shape index (κ1) is 18.7. The van der Waals surface area contributed by atoms with Crippen LogP contribution in [0.3, 0.4) is 0 Å². The molecule has 26 heavy (non-hydrogen) atoms. The summed E-state index contributed by atoms with van der Waals surface area (Å²) in [6.07, 6.45) is 14.6. The van der Waals surface area contributed by atoms with E-state index in [-0.39, 0.29) is 12.3 Å². The Labute approximate surface area is 153 Å². The Hall–Kier alpha value is -3.63. The molecule has 0 spiro atoms. The molecule has 0 fully saturated rings. The topological polar surface area (TPSA) is 62.0 Å². The van der Waals surface area contributed by atoms with Crippen LogP contribution in [0.5, 0.6) is 0 Å². The summed E-state index contributed by atoms with van der Waals surface area (Å²) in [7, 11) is 0. The zero-order chi connectivity index (χ0) is 18.8. The Morgan fingerprint density at radius 1 is 1.00 bits per heavy atom. The lowest BCUT2D eigenvalue weighted by Crippen LogP contribution is -2.07. The minimum Gasteiger partial charge on any atom is -0.481 e. The predicted molar refractivity (Wildman–Crippen MR) is 105 cm³/mol. The summed E-state index contributed by atoms with van der Waals surface area (Å²) in [5.74, 6) is 4.03. The van der Waals surface area contributed by atoms with Crippen LogP contribution in [-0.4, -0.2) is 23.5 Å². The van der Waals surface area contributed by atoms with Crippen LogP contribution in [0, 0.1) is 30.6 Å². The Kier molecular flexibility index (Phi) is 6.92. The van der Waals surface area contributed by atoms with Gasteiger partial charge in [0.2, 0.25) is 0 Å². The van der Waals surface area contributed by atoms with Gasteiger partial charge in [0.25, 0.3) is 0 Å². The quantitative estimate of drug-likeness (QED) is 0.604. The fraction of sp³-hybridized carbons (Fsp3) is 0.136. The van der Waals surface area contributed by atoms with E-state index in [2.05, 4.69) is 21.8 Å². The number of aliphatic carboxylic acids is 1. The number of nitrogens with zero attached hydrogens (tertiary/aromatic N) is 2. The Balaban J connectivity index is 2.18. The summed E-state index contributed by atoms with van der Waals surface area (Å²) in [5, 5.41) is 8.94. The third-order valence-corrected chi connectivity index (χ3v) is 3.55. The molecule has 0 heterocycles. The van der Waals surface area contributed by atoms with E-state index in [1.807, 2.05) is 36.4 Å². The minimum atomic E-state index is -0.861. The van der Waals surface area contributed by atoms with Gasteiger partial charge in [0.05, 0.1) is 11.4 Å². The van der Waals surface area contributed by atoms with Crippen molar-refractivity contribution in [1.29, 1.82) is 0 Å². The Morgan fingerprint density at radius 3 is 1.92 bits per heavy atom. The van der Waals surface area contributed by atoms with Gasteiger partial charge >= 0.3 is 5.97 Å². The summed E-state index contributed by atoms with van der Waals surface area (Å²) >= 11 is 0. The molecule has 2 rings (SSSR count). The molecule has 0 saturated carbocycles. The molecule has 128 valence electrons. The molecule has 0 atom stereocenters. The van der Waals surface area contributed by atoms with Crippen molar-refractivity contribution in [3.63, 3.8) is 0 Å². The van der Waals surface area contributed by atoms with Gasteiger partial charge in [-0.15, -0.1) is 12.8 Å². The van der Waals surface area contributed by atoms with Crippen LogP contribution in [0.1, 0.15) is 24.0 Å². The number of carboxylic acid groups (broad SMARTS) is 1. The first-order valence-electron chi connectivity index (χ1n) is 8.04. The van der Waals surface area contributed by atoms with Crippen LogP contribution in [-0.2, 0) is 4.79 Å². The summed E-state index contributed by atoms with van der Waals surface area (Å²) in [5.41, 5.74) is 2.90. The molecule has 2 aromatic carbocycles. The highest BCUT2D eigenvalue weighted by Crippen LogP contribution is 2.16. The van der Waals surface area contributed by atoms with Gasteiger partial charge in [0, 0.05) is 35.9 Å². The van der Waals surface area contributed by atoms with E-state index < -0.39 is 5.97 Å². The van der Waals surface area contributed by atoms with Gasteiger partial charge in [-0.2, -0.15) is 0 Å². The third-order valence-electron chi connectivity index (χ3n) is 3.55. The average Bonchev–Trinajstić information content (AvgIpc) is 2.67. The number of hydrogen-bond acceptors (Lipinski definition) is 3. The van der Waals surface area contributed by atoms with Gasteiger partial charge in [0.1, 0.15) is 0 Å². The molecule has 0 saturated heterocycles. The lowest BCUT2D eigenvalue weighted by atomic mass is 10.1. The molecule has 0 unspecified atom stereocenters. The highest BCUT2D eigenvalue weighted by atomic mass is 16.4. The van der Waals surface area contributed by atoms with E-state index in [1.54, 1.807) is 24.6 Å². The van der Waals surface area contributed by atoms with Gasteiger partial charge in [-0.25, -0.2) is 0 Å². The molecule has 0 aromatic heterocycles. The van der Waals surface area contributed by atoms with Crippen molar-refractivity contribution < 1.29 is 9.90 Å². The first-order valence-corrected chi connectivity index (χ1v) is 8.04. The molecule has 0 amide bonds. The van der Waals surface area contributed by atoms with Crippen LogP contribution in [0.2, 0.25) is 0 Å². The number of benzene rings is 2. The summed E-state index contributed by atoms with van der Waals surface area (Å²) in [6.45, 7) is 0. The number of carbonyl (C=O) groups is 1. The van der Waals surface area contributed by atoms with Crippen molar-refractivity contribution in [2.75, 3.05) is 0 Å². The standard InChI is InChI=1S/C22H18N2O2/c1-3-17-7-5-9-20(13-17)23-15-19(11-12-22(25)26)16-24-21-10-6-8-18(4-2)14-21/h1-2,5-10,13-16,19H,11-12H2,(H,25,26). The Morgan fingerprint density at radius 2 is 1.50 bits per heavy atom. The second-order valence-electron chi connectivity index (χ2n) is 5.54. The predicted octanol–water partition coefficient (Wildman–Crippen LogP) is 4.24. The maximum absolute atomic E-state index is 10.9. The maximum atomic E-state index is 10.9. The Bertz CT molecular complexity index is 847. The number of terminal acetylenes is 2. The first-order chi connectivity index (χ1) is 12.6. The molecule has 0 bridgehead atoms. The molecule has 0 radical (unpaired) electrons. The SMILES string of the molecule is C#Cc1cccc(N=CC(C=Nc2cccc(C#C)c2)CCC(=O)O)c1. The van der Waals surface area contributed by atoms with Crippen LogP contribution < -0.4 is 0 Å². The number of hydrogen-bond donors (Lipinski definition) is 1. The highest BCUT2D eigenvalue weighted by Gasteiger charge is 2.06. The second-order valence-corrected chi connectivity index (χ2v) is 5.54. The lowest BCUT2D eigenvalue weighted by Gasteiger charge is -2.05. The van der Waals surface area contributed by atoms with Crippen LogP contribution in [0.15, 0.2) is 58.5 Å². The van der Waals surface area contributed by atoms with Crippen molar-refractivity contribution >= 4 is 29.8 Å². The van der Waals surface area contributed by atoms with Gasteiger partial charge in [-0.3, -0.25) is 14.8 Å². The van der Waals surface area contributed by atoms with Crippen molar-refractivity contribution in [2.24, 2.45) is 15.9 Å². The van der Waals surface area contributed by atoms with E-state index >= 15 is 0 Å². The number of aliphatic imine (C=N–C) groups is 2. The van der Waals surface area contributed by atoms with Crippen LogP contribution in [0.25, 0.3) is 0 Å². The molecular formula is C22H18N2O2. The lowest BCUT2D eigenvalue weighted by molar-refractivity contribution is -0.137. The van der Waals surface area contributed by atoms with E-state index in [0.717, 1.165) is 11.1 Å². The minimum absolute atomic E-state index is 0.0253. The van der Waals surface area contributed by atoms with Crippen LogP contribution in [0.4, 0.5) is 11.4 Å². The summed E-state index contributed by atoms with van der Waals surface area (Å²) in [4.78, 5) is 19.7. The molecule has 0 aliphatic heterocycles. The van der Waals surface area contributed by atoms with E-state index in [4.69, 9.17) is 18.0 Å². The molecule has 2 aromatic rings. The summed E-state index contributed by atoms with van der Waals surface area (Å²) < 4.78 is 0. The second kappa shape index (κ2) is 9.61. The largest absolute Gasteiger partial charge is 0.481 e. The number of carboxylic acids is 1. The zero-order valence-corrected chi connectivity index (χ0v) is 14.2. The van der Waals surface area contributed by atoms with Gasteiger partial charge in [-0.05, 0) is 42.8 Å². The molecular weight excluding hydrogens is 324 g/mol. The van der Waals surface area contributed by atoms with Gasteiger partial charge < -0.3 is 5.11 Å². The van der Waals surface area contributed by atoms with E-state index in [9.17, 15) is 4.79 Å². The van der Waals surface area contributed by atoms with Gasteiger partial charge in [-0.1, -0.05) is 24.0 Å². The zero-order valence-electron chi connectivity index (χ0n) is 14.2. The van der Waals surface area contributed by atoms with Gasteiger partial charge in [0.15, 0.2) is 0 Å². The molecule has 4 heteroatoms. The highest BCUT2D eigenvalue weighted by molar-refractivity contribution is 5.86. The molecule has 0 aliphatic rings. The molecule has 4 nitrogen and oxygen atoms in total.